The van der Waals surface area contributed by atoms with E-state index in [-0.39, 0.29) is 5.66 Å². The van der Waals surface area contributed by atoms with Crippen molar-refractivity contribution in [3.63, 3.8) is 0 Å². The monoisotopic (exact) mass is 251 g/mol. The topological polar surface area (TPSA) is 58.6 Å². The van der Waals surface area contributed by atoms with Gasteiger partial charge >= 0.3 is 7.60 Å². The van der Waals surface area contributed by atoms with Crippen molar-refractivity contribution in [2.75, 3.05) is 13.2 Å². The first-order chi connectivity index (χ1) is 7.36. The van der Waals surface area contributed by atoms with Gasteiger partial charge in [0.1, 0.15) is 0 Å². The standard InChI is InChI=1S/C11H26NO3P/c1-10(2)12-8-6-5-7-9-15-16(13,14)11(3)4/h10-12H,5-9H2,1-4H3,(H,13,14). The van der Waals surface area contributed by atoms with Crippen LogP contribution in [-0.4, -0.2) is 29.7 Å². The SMILES string of the molecule is CC(C)NCCCCCOP(=O)(O)C(C)C. The average Bonchev–Trinajstić information content (AvgIpc) is 2.15. The number of hydrogen-bond donors (Lipinski definition) is 2. The van der Waals surface area contributed by atoms with Crippen LogP contribution in [0.4, 0.5) is 0 Å². The molecule has 0 saturated carbocycles. The van der Waals surface area contributed by atoms with Gasteiger partial charge in [0.25, 0.3) is 0 Å². The zero-order valence-corrected chi connectivity index (χ0v) is 11.8. The first-order valence-corrected chi connectivity index (χ1v) is 7.71. The van der Waals surface area contributed by atoms with Gasteiger partial charge in [-0.05, 0) is 25.8 Å². The van der Waals surface area contributed by atoms with Crippen molar-refractivity contribution in [1.82, 2.24) is 5.32 Å². The summed E-state index contributed by atoms with van der Waals surface area (Å²) in [6, 6.07) is 0.523. The van der Waals surface area contributed by atoms with Crippen molar-refractivity contribution in [2.45, 2.75) is 58.7 Å². The molecule has 5 heteroatoms. The lowest BCUT2D eigenvalue weighted by Gasteiger charge is -2.15. The van der Waals surface area contributed by atoms with Gasteiger partial charge in [-0.25, -0.2) is 0 Å². The molecule has 0 aliphatic carbocycles. The molecule has 0 aromatic carbocycles. The fourth-order valence-electron chi connectivity index (χ4n) is 1.14. The summed E-state index contributed by atoms with van der Waals surface area (Å²) in [4.78, 5) is 9.39. The van der Waals surface area contributed by atoms with Crippen molar-refractivity contribution in [3.05, 3.63) is 0 Å². The summed E-state index contributed by atoms with van der Waals surface area (Å²) in [7, 11) is -3.35. The normalized spacial score (nSPS) is 15.7. The maximum atomic E-state index is 11.4. The Balaban J connectivity index is 3.37. The molecule has 0 fully saturated rings. The molecule has 0 saturated heterocycles. The Labute approximate surface area is 99.3 Å². The van der Waals surface area contributed by atoms with Gasteiger partial charge < -0.3 is 14.7 Å². The molecule has 0 rings (SSSR count). The number of hydrogen-bond acceptors (Lipinski definition) is 3. The molecule has 0 aliphatic rings. The first-order valence-electron chi connectivity index (χ1n) is 6.06. The van der Waals surface area contributed by atoms with E-state index < -0.39 is 7.60 Å². The summed E-state index contributed by atoms with van der Waals surface area (Å²) in [5.74, 6) is 0. The summed E-state index contributed by atoms with van der Waals surface area (Å²) in [6.45, 7) is 9.02. The zero-order chi connectivity index (χ0) is 12.6. The fourth-order valence-corrected chi connectivity index (χ4v) is 1.83. The van der Waals surface area contributed by atoms with Crippen LogP contribution in [-0.2, 0) is 9.09 Å². The van der Waals surface area contributed by atoms with E-state index in [9.17, 15) is 9.46 Å². The number of nitrogens with one attached hydrogen (secondary N) is 1. The molecule has 0 spiro atoms. The third-order valence-electron chi connectivity index (χ3n) is 2.30. The highest BCUT2D eigenvalue weighted by Gasteiger charge is 2.23. The Morgan fingerprint density at radius 2 is 1.81 bits per heavy atom. The van der Waals surface area contributed by atoms with Gasteiger partial charge in [0, 0.05) is 6.04 Å². The van der Waals surface area contributed by atoms with Crippen LogP contribution in [0.2, 0.25) is 0 Å². The summed E-state index contributed by atoms with van der Waals surface area (Å²) >= 11 is 0. The molecule has 4 nitrogen and oxygen atoms in total. The minimum atomic E-state index is -3.35. The Kier molecular flexibility index (Phi) is 8.29. The molecular weight excluding hydrogens is 225 g/mol. The van der Waals surface area contributed by atoms with Crippen molar-refractivity contribution in [2.24, 2.45) is 0 Å². The third-order valence-corrected chi connectivity index (χ3v) is 4.16. The van der Waals surface area contributed by atoms with E-state index in [0.29, 0.717) is 12.6 Å². The first kappa shape index (κ1) is 16.1. The van der Waals surface area contributed by atoms with Gasteiger partial charge in [-0.2, -0.15) is 0 Å². The second-order valence-electron chi connectivity index (χ2n) is 4.66. The van der Waals surface area contributed by atoms with Crippen LogP contribution in [0.5, 0.6) is 0 Å². The highest BCUT2D eigenvalue weighted by atomic mass is 31.2. The van der Waals surface area contributed by atoms with Crippen molar-refractivity contribution in [1.29, 1.82) is 0 Å². The highest BCUT2D eigenvalue weighted by molar-refractivity contribution is 7.53. The molecule has 1 unspecified atom stereocenters. The van der Waals surface area contributed by atoms with E-state index >= 15 is 0 Å². The van der Waals surface area contributed by atoms with Crippen LogP contribution in [0.15, 0.2) is 0 Å². The fraction of sp³-hybridized carbons (Fsp3) is 1.00. The quantitative estimate of drug-likeness (QED) is 0.488. The maximum Gasteiger partial charge on any atom is 0.330 e. The highest BCUT2D eigenvalue weighted by Crippen LogP contribution is 2.46. The lowest BCUT2D eigenvalue weighted by Crippen LogP contribution is -2.23. The lowest BCUT2D eigenvalue weighted by atomic mass is 10.2. The van der Waals surface area contributed by atoms with Gasteiger partial charge in [-0.3, -0.25) is 4.57 Å². The lowest BCUT2D eigenvalue weighted by molar-refractivity contribution is 0.247. The predicted molar refractivity (Wildman–Crippen MR) is 67.9 cm³/mol. The summed E-state index contributed by atoms with van der Waals surface area (Å²) in [5.41, 5.74) is -0.310. The minimum Gasteiger partial charge on any atom is -0.324 e. The molecule has 0 aliphatic heterocycles. The van der Waals surface area contributed by atoms with Gasteiger partial charge in [0.2, 0.25) is 0 Å². The second kappa shape index (κ2) is 8.24. The van der Waals surface area contributed by atoms with Crippen molar-refractivity contribution >= 4 is 7.60 Å². The molecule has 0 amide bonds. The van der Waals surface area contributed by atoms with Crippen LogP contribution in [0.3, 0.4) is 0 Å². The van der Waals surface area contributed by atoms with E-state index in [2.05, 4.69) is 19.2 Å². The zero-order valence-electron chi connectivity index (χ0n) is 10.9. The molecule has 0 radical (unpaired) electrons. The molecule has 0 bridgehead atoms. The van der Waals surface area contributed by atoms with Crippen molar-refractivity contribution < 1.29 is 14.0 Å². The minimum absolute atomic E-state index is 0.310. The smallest absolute Gasteiger partial charge is 0.324 e. The number of unbranched alkanes of at least 4 members (excludes halogenated alkanes) is 2. The molecule has 0 aromatic rings. The third kappa shape index (κ3) is 8.28. The summed E-state index contributed by atoms with van der Waals surface area (Å²) in [6.07, 6.45) is 2.95. The van der Waals surface area contributed by atoms with Gasteiger partial charge in [0.15, 0.2) is 0 Å². The molecule has 1 atom stereocenters. The second-order valence-corrected chi connectivity index (χ2v) is 7.08. The van der Waals surface area contributed by atoms with E-state index in [4.69, 9.17) is 4.52 Å². The molecule has 16 heavy (non-hydrogen) atoms. The molecule has 2 N–H and O–H groups in total. The Morgan fingerprint density at radius 3 is 2.31 bits per heavy atom. The summed E-state index contributed by atoms with van der Waals surface area (Å²) < 4.78 is 16.4. The largest absolute Gasteiger partial charge is 0.330 e. The van der Waals surface area contributed by atoms with E-state index in [1.54, 1.807) is 13.8 Å². The van der Waals surface area contributed by atoms with E-state index in [1.807, 2.05) is 0 Å². The summed E-state index contributed by atoms with van der Waals surface area (Å²) in [5, 5.41) is 3.33. The van der Waals surface area contributed by atoms with Crippen LogP contribution in [0.1, 0.15) is 47.0 Å². The Morgan fingerprint density at radius 1 is 1.19 bits per heavy atom. The number of rotatable bonds is 9. The Hall–Kier alpha value is 0.110. The van der Waals surface area contributed by atoms with Crippen molar-refractivity contribution in [3.8, 4) is 0 Å². The van der Waals surface area contributed by atoms with Gasteiger partial charge in [-0.15, -0.1) is 0 Å². The van der Waals surface area contributed by atoms with Gasteiger partial charge in [-0.1, -0.05) is 27.7 Å². The molecule has 98 valence electrons. The van der Waals surface area contributed by atoms with Crippen LogP contribution < -0.4 is 5.32 Å². The maximum absolute atomic E-state index is 11.4. The van der Waals surface area contributed by atoms with E-state index in [1.165, 1.54) is 0 Å². The predicted octanol–water partition coefficient (Wildman–Crippen LogP) is 2.77. The van der Waals surface area contributed by atoms with Crippen LogP contribution in [0.25, 0.3) is 0 Å². The average molecular weight is 251 g/mol. The van der Waals surface area contributed by atoms with Crippen LogP contribution >= 0.6 is 7.60 Å². The molecule has 0 heterocycles. The van der Waals surface area contributed by atoms with Crippen LogP contribution in [0, 0.1) is 0 Å². The van der Waals surface area contributed by atoms with Gasteiger partial charge in [0.05, 0.1) is 12.3 Å². The molecular formula is C11H26NO3P. The van der Waals surface area contributed by atoms with E-state index in [0.717, 1.165) is 25.8 Å². The Bertz CT molecular complexity index is 219. The molecule has 0 aromatic heterocycles.